The van der Waals surface area contributed by atoms with Crippen LogP contribution in [0.4, 0.5) is 0 Å². The Bertz CT molecular complexity index is 764. The largest absolute Gasteiger partial charge is 0.490 e. The lowest BCUT2D eigenvalue weighted by Gasteiger charge is -2.22. The fraction of sp³-hybridized carbons (Fsp3) is 0.348. The molecule has 0 radical (unpaired) electrons. The molecule has 0 aromatic heterocycles. The van der Waals surface area contributed by atoms with E-state index >= 15 is 0 Å². The normalized spacial score (nSPS) is 14.2. The SMILES string of the molecule is C=CCOc1ccc(C(=O)N[C@@H](CC)c2ccc3c(c2)CCCC3)cc1. The number of carbonyl (C=O) groups is 1. The summed E-state index contributed by atoms with van der Waals surface area (Å²) in [6.07, 6.45) is 7.45. The standard InChI is InChI=1S/C23H27NO2/c1-3-15-26-21-13-11-18(12-14-21)23(25)24-22(4-2)20-10-9-17-7-5-6-8-19(17)16-20/h3,9-14,16,22H,1,4-8,15H2,2H3,(H,24,25)/t22-/m0/s1. The Hall–Kier alpha value is -2.55. The maximum absolute atomic E-state index is 12.6. The first kappa shape index (κ1) is 18.2. The average molecular weight is 349 g/mol. The highest BCUT2D eigenvalue weighted by atomic mass is 16.5. The summed E-state index contributed by atoms with van der Waals surface area (Å²) in [4.78, 5) is 12.6. The molecule has 2 aromatic rings. The molecule has 136 valence electrons. The Kier molecular flexibility index (Phi) is 6.11. The Balaban J connectivity index is 1.69. The average Bonchev–Trinajstić information content (AvgIpc) is 2.70. The molecule has 1 amide bonds. The molecule has 1 aliphatic carbocycles. The zero-order valence-corrected chi connectivity index (χ0v) is 15.5. The van der Waals surface area contributed by atoms with Gasteiger partial charge in [0.1, 0.15) is 12.4 Å². The number of hydrogen-bond donors (Lipinski definition) is 1. The lowest BCUT2D eigenvalue weighted by molar-refractivity contribution is 0.0935. The van der Waals surface area contributed by atoms with E-state index in [1.54, 1.807) is 18.2 Å². The van der Waals surface area contributed by atoms with Crippen LogP contribution in [0.2, 0.25) is 0 Å². The number of hydrogen-bond acceptors (Lipinski definition) is 2. The highest BCUT2D eigenvalue weighted by Crippen LogP contribution is 2.26. The maximum Gasteiger partial charge on any atom is 0.251 e. The Morgan fingerprint density at radius 3 is 2.58 bits per heavy atom. The van der Waals surface area contributed by atoms with E-state index in [1.807, 2.05) is 12.1 Å². The van der Waals surface area contributed by atoms with Crippen molar-refractivity contribution >= 4 is 5.91 Å². The lowest BCUT2D eigenvalue weighted by Crippen LogP contribution is -2.28. The van der Waals surface area contributed by atoms with Crippen LogP contribution in [-0.4, -0.2) is 12.5 Å². The molecule has 0 saturated heterocycles. The second-order valence-corrected chi connectivity index (χ2v) is 6.79. The lowest BCUT2D eigenvalue weighted by atomic mass is 9.88. The Morgan fingerprint density at radius 1 is 1.15 bits per heavy atom. The van der Waals surface area contributed by atoms with Crippen LogP contribution in [0.25, 0.3) is 0 Å². The molecule has 2 aromatic carbocycles. The summed E-state index contributed by atoms with van der Waals surface area (Å²) in [5, 5.41) is 3.17. The molecule has 3 heteroatoms. The van der Waals surface area contributed by atoms with Crippen LogP contribution in [0.15, 0.2) is 55.1 Å². The minimum absolute atomic E-state index is 0.0337. The fourth-order valence-corrected chi connectivity index (χ4v) is 3.49. The summed E-state index contributed by atoms with van der Waals surface area (Å²) in [5.41, 5.74) is 4.77. The van der Waals surface area contributed by atoms with Crippen molar-refractivity contribution in [3.63, 3.8) is 0 Å². The van der Waals surface area contributed by atoms with Crippen molar-refractivity contribution in [3.05, 3.63) is 77.4 Å². The van der Waals surface area contributed by atoms with Gasteiger partial charge >= 0.3 is 0 Å². The molecule has 0 bridgehead atoms. The van der Waals surface area contributed by atoms with Gasteiger partial charge in [-0.2, -0.15) is 0 Å². The number of rotatable bonds is 7. The van der Waals surface area contributed by atoms with E-state index in [-0.39, 0.29) is 11.9 Å². The summed E-state index contributed by atoms with van der Waals surface area (Å²) in [6.45, 7) is 6.20. The highest BCUT2D eigenvalue weighted by molar-refractivity contribution is 5.94. The van der Waals surface area contributed by atoms with Crippen molar-refractivity contribution < 1.29 is 9.53 Å². The number of ether oxygens (including phenoxy) is 1. The monoisotopic (exact) mass is 349 g/mol. The van der Waals surface area contributed by atoms with E-state index in [0.29, 0.717) is 12.2 Å². The molecule has 0 heterocycles. The van der Waals surface area contributed by atoms with E-state index in [2.05, 4.69) is 37.0 Å². The van der Waals surface area contributed by atoms with Gasteiger partial charge in [0, 0.05) is 5.56 Å². The number of fused-ring (bicyclic) bond motifs is 1. The summed E-state index contributed by atoms with van der Waals surface area (Å²) < 4.78 is 5.46. The van der Waals surface area contributed by atoms with Crippen molar-refractivity contribution in [2.45, 2.75) is 45.1 Å². The first-order valence-corrected chi connectivity index (χ1v) is 9.47. The molecule has 1 atom stereocenters. The topological polar surface area (TPSA) is 38.3 Å². The minimum Gasteiger partial charge on any atom is -0.490 e. The van der Waals surface area contributed by atoms with Crippen LogP contribution >= 0.6 is 0 Å². The van der Waals surface area contributed by atoms with Gasteiger partial charge < -0.3 is 10.1 Å². The van der Waals surface area contributed by atoms with Crippen molar-refractivity contribution in [2.24, 2.45) is 0 Å². The molecule has 3 nitrogen and oxygen atoms in total. The smallest absolute Gasteiger partial charge is 0.251 e. The summed E-state index contributed by atoms with van der Waals surface area (Å²) in [5.74, 6) is 0.688. The maximum atomic E-state index is 12.6. The quantitative estimate of drug-likeness (QED) is 0.714. The molecule has 0 unspecified atom stereocenters. The van der Waals surface area contributed by atoms with Crippen LogP contribution in [-0.2, 0) is 12.8 Å². The van der Waals surface area contributed by atoms with Gasteiger partial charge in [-0.3, -0.25) is 4.79 Å². The molecular formula is C23H27NO2. The van der Waals surface area contributed by atoms with E-state index in [1.165, 1.54) is 36.0 Å². The third-order valence-corrected chi connectivity index (χ3v) is 4.97. The Morgan fingerprint density at radius 2 is 1.88 bits per heavy atom. The van der Waals surface area contributed by atoms with Gasteiger partial charge in [-0.05, 0) is 73.1 Å². The van der Waals surface area contributed by atoms with Crippen LogP contribution in [0.5, 0.6) is 5.75 Å². The number of carbonyl (C=O) groups excluding carboxylic acids is 1. The third-order valence-electron chi connectivity index (χ3n) is 4.97. The van der Waals surface area contributed by atoms with Crippen LogP contribution < -0.4 is 10.1 Å². The van der Waals surface area contributed by atoms with E-state index in [9.17, 15) is 4.79 Å². The predicted octanol–water partition coefficient (Wildman–Crippen LogP) is 5.01. The fourth-order valence-electron chi connectivity index (χ4n) is 3.49. The van der Waals surface area contributed by atoms with Crippen molar-refractivity contribution in [1.82, 2.24) is 5.32 Å². The minimum atomic E-state index is -0.0511. The van der Waals surface area contributed by atoms with Crippen LogP contribution in [0.3, 0.4) is 0 Å². The second-order valence-electron chi connectivity index (χ2n) is 6.79. The third kappa shape index (κ3) is 4.34. The summed E-state index contributed by atoms with van der Waals surface area (Å²) in [6, 6.07) is 14.0. The molecule has 0 spiro atoms. The van der Waals surface area contributed by atoms with Gasteiger partial charge in [0.15, 0.2) is 0 Å². The number of benzene rings is 2. The second kappa shape index (κ2) is 8.70. The van der Waals surface area contributed by atoms with Gasteiger partial charge in [0.05, 0.1) is 6.04 Å². The number of amides is 1. The Labute approximate surface area is 156 Å². The highest BCUT2D eigenvalue weighted by Gasteiger charge is 2.17. The molecule has 0 saturated carbocycles. The van der Waals surface area contributed by atoms with Crippen molar-refractivity contribution in [2.75, 3.05) is 6.61 Å². The van der Waals surface area contributed by atoms with Gasteiger partial charge in [0.25, 0.3) is 5.91 Å². The van der Waals surface area contributed by atoms with E-state index in [4.69, 9.17) is 4.74 Å². The predicted molar refractivity (Wildman–Crippen MR) is 106 cm³/mol. The van der Waals surface area contributed by atoms with Crippen molar-refractivity contribution in [3.8, 4) is 5.75 Å². The van der Waals surface area contributed by atoms with Gasteiger partial charge in [-0.1, -0.05) is 37.8 Å². The number of nitrogens with one attached hydrogen (secondary N) is 1. The molecule has 0 fully saturated rings. The molecule has 3 rings (SSSR count). The van der Waals surface area contributed by atoms with Crippen molar-refractivity contribution in [1.29, 1.82) is 0 Å². The summed E-state index contributed by atoms with van der Waals surface area (Å²) >= 11 is 0. The van der Waals surface area contributed by atoms with Crippen LogP contribution in [0.1, 0.15) is 59.3 Å². The molecule has 1 aliphatic rings. The van der Waals surface area contributed by atoms with E-state index < -0.39 is 0 Å². The van der Waals surface area contributed by atoms with Gasteiger partial charge in [-0.25, -0.2) is 0 Å². The first-order valence-electron chi connectivity index (χ1n) is 9.47. The molecule has 26 heavy (non-hydrogen) atoms. The zero-order valence-electron chi connectivity index (χ0n) is 15.5. The number of aryl methyl sites for hydroxylation is 2. The van der Waals surface area contributed by atoms with E-state index in [0.717, 1.165) is 18.6 Å². The molecule has 1 N–H and O–H groups in total. The van der Waals surface area contributed by atoms with Gasteiger partial charge in [-0.15, -0.1) is 0 Å². The van der Waals surface area contributed by atoms with Gasteiger partial charge in [0.2, 0.25) is 0 Å². The molecular weight excluding hydrogens is 322 g/mol. The molecule has 0 aliphatic heterocycles. The first-order chi connectivity index (χ1) is 12.7. The zero-order chi connectivity index (χ0) is 18.4. The van der Waals surface area contributed by atoms with Crippen LogP contribution in [0, 0.1) is 0 Å². The summed E-state index contributed by atoms with van der Waals surface area (Å²) in [7, 11) is 0.